The SMILES string of the molecule is CCOc1cccc(-c2c(Cl)cc(N)cc2Cl)c1F. The number of rotatable bonds is 3. The lowest BCUT2D eigenvalue weighted by atomic mass is 10.0. The maximum absolute atomic E-state index is 14.3. The molecule has 19 heavy (non-hydrogen) atoms. The fourth-order valence-electron chi connectivity index (χ4n) is 1.82. The van der Waals surface area contributed by atoms with Crippen molar-refractivity contribution in [1.82, 2.24) is 0 Å². The highest BCUT2D eigenvalue weighted by Crippen LogP contribution is 2.39. The Bertz CT molecular complexity index is 593. The largest absolute Gasteiger partial charge is 0.491 e. The molecule has 2 N–H and O–H groups in total. The molecule has 0 amide bonds. The van der Waals surface area contributed by atoms with Crippen LogP contribution in [0.5, 0.6) is 5.75 Å². The summed E-state index contributed by atoms with van der Waals surface area (Å²) < 4.78 is 19.5. The number of hydrogen-bond donors (Lipinski definition) is 1. The Kier molecular flexibility index (Phi) is 4.17. The van der Waals surface area contributed by atoms with Crippen molar-refractivity contribution in [3.8, 4) is 16.9 Å². The molecule has 0 aliphatic heterocycles. The van der Waals surface area contributed by atoms with Gasteiger partial charge in [0.1, 0.15) is 0 Å². The van der Waals surface area contributed by atoms with Crippen LogP contribution in [0.2, 0.25) is 10.0 Å². The molecule has 0 fully saturated rings. The molecule has 2 aromatic rings. The van der Waals surface area contributed by atoms with E-state index in [1.54, 1.807) is 25.1 Å². The number of nitrogen functional groups attached to an aromatic ring is 1. The standard InChI is InChI=1S/C14H12Cl2FNO/c1-2-19-12-5-3-4-9(14(12)17)13-10(15)6-8(18)7-11(13)16/h3-7H,2,18H2,1H3. The Morgan fingerprint density at radius 3 is 2.42 bits per heavy atom. The second kappa shape index (κ2) is 5.68. The van der Waals surface area contributed by atoms with Crippen LogP contribution in [-0.4, -0.2) is 6.61 Å². The van der Waals surface area contributed by atoms with E-state index in [1.165, 1.54) is 12.1 Å². The first-order chi connectivity index (χ1) is 9.04. The highest BCUT2D eigenvalue weighted by molar-refractivity contribution is 6.39. The maximum Gasteiger partial charge on any atom is 0.172 e. The van der Waals surface area contributed by atoms with Crippen LogP contribution in [0, 0.1) is 5.82 Å². The van der Waals surface area contributed by atoms with Crippen LogP contribution >= 0.6 is 23.2 Å². The van der Waals surface area contributed by atoms with Crippen LogP contribution in [0.3, 0.4) is 0 Å². The molecule has 2 nitrogen and oxygen atoms in total. The normalized spacial score (nSPS) is 10.5. The van der Waals surface area contributed by atoms with Gasteiger partial charge < -0.3 is 10.5 Å². The van der Waals surface area contributed by atoms with E-state index in [4.69, 9.17) is 33.7 Å². The predicted octanol–water partition coefficient (Wildman–Crippen LogP) is 4.78. The van der Waals surface area contributed by atoms with Gasteiger partial charge >= 0.3 is 0 Å². The summed E-state index contributed by atoms with van der Waals surface area (Å²) in [6.45, 7) is 2.17. The van der Waals surface area contributed by atoms with Gasteiger partial charge in [0.05, 0.1) is 16.7 Å². The molecule has 100 valence electrons. The van der Waals surface area contributed by atoms with Crippen molar-refractivity contribution in [2.75, 3.05) is 12.3 Å². The van der Waals surface area contributed by atoms with Gasteiger partial charge in [-0.15, -0.1) is 0 Å². The summed E-state index contributed by atoms with van der Waals surface area (Å²) in [4.78, 5) is 0. The van der Waals surface area contributed by atoms with E-state index in [1.807, 2.05) is 0 Å². The number of nitrogens with two attached hydrogens (primary N) is 1. The van der Waals surface area contributed by atoms with Crippen LogP contribution < -0.4 is 10.5 Å². The third-order valence-corrected chi connectivity index (χ3v) is 3.19. The zero-order chi connectivity index (χ0) is 14.0. The molecule has 0 heterocycles. The molecule has 0 saturated heterocycles. The van der Waals surface area contributed by atoms with Gasteiger partial charge in [-0.05, 0) is 25.1 Å². The minimum absolute atomic E-state index is 0.170. The average molecular weight is 300 g/mol. The van der Waals surface area contributed by atoms with E-state index in [-0.39, 0.29) is 5.75 Å². The number of hydrogen-bond acceptors (Lipinski definition) is 2. The lowest BCUT2D eigenvalue weighted by Crippen LogP contribution is -1.97. The van der Waals surface area contributed by atoms with Crippen LogP contribution in [0.1, 0.15) is 6.92 Å². The molecule has 0 atom stereocenters. The summed E-state index contributed by atoms with van der Waals surface area (Å²) in [6.07, 6.45) is 0. The van der Waals surface area contributed by atoms with Gasteiger partial charge in [0, 0.05) is 16.8 Å². The van der Waals surface area contributed by atoms with Gasteiger partial charge in [-0.3, -0.25) is 0 Å². The second-order valence-electron chi connectivity index (χ2n) is 3.91. The van der Waals surface area contributed by atoms with Gasteiger partial charge in [-0.25, -0.2) is 4.39 Å². The Balaban J connectivity index is 2.63. The highest BCUT2D eigenvalue weighted by Gasteiger charge is 2.16. The second-order valence-corrected chi connectivity index (χ2v) is 4.72. The number of benzene rings is 2. The van der Waals surface area contributed by atoms with Crippen molar-refractivity contribution in [3.05, 3.63) is 46.2 Å². The molecule has 0 unspecified atom stereocenters. The van der Waals surface area contributed by atoms with E-state index in [0.29, 0.717) is 33.5 Å². The van der Waals surface area contributed by atoms with Gasteiger partial charge in [-0.2, -0.15) is 0 Å². The molecule has 0 spiro atoms. The minimum Gasteiger partial charge on any atom is -0.491 e. The van der Waals surface area contributed by atoms with Gasteiger partial charge in [0.25, 0.3) is 0 Å². The number of anilines is 1. The number of ether oxygens (including phenoxy) is 1. The molecule has 0 saturated carbocycles. The quantitative estimate of drug-likeness (QED) is 0.828. The predicted molar refractivity (Wildman–Crippen MR) is 77.4 cm³/mol. The number of halogens is 3. The summed E-state index contributed by atoms with van der Waals surface area (Å²) in [7, 11) is 0. The third-order valence-electron chi connectivity index (χ3n) is 2.60. The van der Waals surface area contributed by atoms with Crippen molar-refractivity contribution in [3.63, 3.8) is 0 Å². The van der Waals surface area contributed by atoms with Gasteiger partial charge in [0.2, 0.25) is 0 Å². The summed E-state index contributed by atoms with van der Waals surface area (Å²) in [5.74, 6) is -0.318. The maximum atomic E-state index is 14.3. The topological polar surface area (TPSA) is 35.2 Å². The molecular formula is C14H12Cl2FNO. The molecule has 5 heteroatoms. The van der Waals surface area contributed by atoms with Crippen LogP contribution in [-0.2, 0) is 0 Å². The molecular weight excluding hydrogens is 288 g/mol. The molecule has 2 aromatic carbocycles. The molecule has 0 aliphatic rings. The smallest absolute Gasteiger partial charge is 0.172 e. The fraction of sp³-hybridized carbons (Fsp3) is 0.143. The van der Waals surface area contributed by atoms with Crippen molar-refractivity contribution in [1.29, 1.82) is 0 Å². The van der Waals surface area contributed by atoms with E-state index < -0.39 is 5.82 Å². The van der Waals surface area contributed by atoms with Crippen molar-refractivity contribution in [2.45, 2.75) is 6.92 Å². The van der Waals surface area contributed by atoms with E-state index in [9.17, 15) is 4.39 Å². The Hall–Kier alpha value is -1.45. The van der Waals surface area contributed by atoms with Crippen molar-refractivity contribution in [2.24, 2.45) is 0 Å². The van der Waals surface area contributed by atoms with E-state index in [2.05, 4.69) is 0 Å². The van der Waals surface area contributed by atoms with Crippen molar-refractivity contribution < 1.29 is 9.13 Å². The summed E-state index contributed by atoms with van der Waals surface area (Å²) in [5.41, 5.74) is 6.77. The first-order valence-electron chi connectivity index (χ1n) is 5.70. The summed E-state index contributed by atoms with van der Waals surface area (Å²) in [6, 6.07) is 7.92. The van der Waals surface area contributed by atoms with Gasteiger partial charge in [-0.1, -0.05) is 35.3 Å². The molecule has 0 aromatic heterocycles. The lowest BCUT2D eigenvalue weighted by Gasteiger charge is -2.12. The van der Waals surface area contributed by atoms with Gasteiger partial charge in [0.15, 0.2) is 11.6 Å². The highest BCUT2D eigenvalue weighted by atomic mass is 35.5. The van der Waals surface area contributed by atoms with Crippen molar-refractivity contribution >= 4 is 28.9 Å². The first kappa shape index (κ1) is 14.0. The third kappa shape index (κ3) is 2.77. The van der Waals surface area contributed by atoms with E-state index >= 15 is 0 Å². The molecule has 2 rings (SSSR count). The summed E-state index contributed by atoms with van der Waals surface area (Å²) in [5, 5.41) is 0.607. The summed E-state index contributed by atoms with van der Waals surface area (Å²) >= 11 is 12.2. The Labute approximate surface area is 120 Å². The zero-order valence-corrected chi connectivity index (χ0v) is 11.7. The molecule has 0 aliphatic carbocycles. The van der Waals surface area contributed by atoms with Crippen LogP contribution in [0.4, 0.5) is 10.1 Å². The molecule has 0 radical (unpaired) electrons. The minimum atomic E-state index is -0.488. The van der Waals surface area contributed by atoms with Crippen LogP contribution in [0.25, 0.3) is 11.1 Å². The Morgan fingerprint density at radius 2 is 1.84 bits per heavy atom. The molecule has 0 bridgehead atoms. The lowest BCUT2D eigenvalue weighted by molar-refractivity contribution is 0.322. The monoisotopic (exact) mass is 299 g/mol. The zero-order valence-electron chi connectivity index (χ0n) is 10.2. The average Bonchev–Trinajstić information content (AvgIpc) is 2.32. The Morgan fingerprint density at radius 1 is 1.21 bits per heavy atom. The fourth-order valence-corrected chi connectivity index (χ4v) is 2.53. The first-order valence-corrected chi connectivity index (χ1v) is 6.46. The van der Waals surface area contributed by atoms with Crippen LogP contribution in [0.15, 0.2) is 30.3 Å². The van der Waals surface area contributed by atoms with E-state index in [0.717, 1.165) is 0 Å².